The summed E-state index contributed by atoms with van der Waals surface area (Å²) in [5.41, 5.74) is 5.27. The van der Waals surface area contributed by atoms with Crippen molar-refractivity contribution in [1.82, 2.24) is 19.6 Å². The minimum absolute atomic E-state index is 0. The van der Waals surface area contributed by atoms with E-state index < -0.39 is 21.3 Å². The molecule has 0 N–H and O–H groups in total. The van der Waals surface area contributed by atoms with Crippen LogP contribution >= 0.6 is 46.4 Å². The van der Waals surface area contributed by atoms with Gasteiger partial charge in [-0.2, -0.15) is 0 Å². The van der Waals surface area contributed by atoms with Crippen molar-refractivity contribution in [1.29, 1.82) is 0 Å². The fourth-order valence-electron chi connectivity index (χ4n) is 14.2. The highest BCUT2D eigenvalue weighted by Crippen LogP contribution is 2.64. The molecule has 15 heteroatoms. The lowest BCUT2D eigenvalue weighted by Gasteiger charge is -2.53. The van der Waals surface area contributed by atoms with Crippen LogP contribution in [-0.2, 0) is 59.4 Å². The normalized spacial score (nSPS) is 30.5. The number of likely N-dealkylation sites (tertiary alicyclic amines) is 4. The molecule has 11 nitrogen and oxygen atoms in total. The molecule has 416 valence electrons. The summed E-state index contributed by atoms with van der Waals surface area (Å²) >= 11 is 26.6. The maximum absolute atomic E-state index is 11.8. The van der Waals surface area contributed by atoms with E-state index in [-0.39, 0.29) is 17.3 Å². The minimum Gasteiger partial charge on any atom is -0.353 e. The number of ketones is 1. The predicted octanol–water partition coefficient (Wildman–Crippen LogP) is 11.2. The SMILES string of the molecule is COC1(OC)C2(Cl)CN(Cc3ccccc3)CC1(Cl)C(Cl)=C2Cl.COC1(OC)C2C=CC1CN(Cc1ccccc1)C2.COC1(OC)C2CCC1CN(Cc1ccccc1)C2.O=C1C2CCC1CN(Cc1ccccc1)C2.[H+]. The first-order valence-electron chi connectivity index (χ1n) is 27.3. The van der Waals surface area contributed by atoms with E-state index in [1.807, 2.05) is 24.3 Å². The maximum atomic E-state index is 11.8. The molecule has 4 aliphatic heterocycles. The molecule has 4 heterocycles. The Balaban J connectivity index is 0.000000138. The molecule has 0 spiro atoms. The molecule has 0 radical (unpaired) electrons. The predicted molar refractivity (Wildman–Crippen MR) is 308 cm³/mol. The van der Waals surface area contributed by atoms with Crippen LogP contribution in [-0.4, -0.2) is 148 Å². The molecule has 77 heavy (non-hydrogen) atoms. The smallest absolute Gasteiger partial charge is 0.353 e. The number of nitrogens with zero attached hydrogens (tertiary/aromatic N) is 4. The van der Waals surface area contributed by atoms with Crippen LogP contribution in [0.25, 0.3) is 0 Å². The second kappa shape index (κ2) is 25.3. The molecule has 8 bridgehead atoms. The van der Waals surface area contributed by atoms with Crippen molar-refractivity contribution in [3.8, 4) is 0 Å². The molecule has 4 saturated heterocycles. The van der Waals surface area contributed by atoms with Gasteiger partial charge >= 0.3 is 1.43 Å². The number of carbonyl (C=O) groups is 1. The number of methoxy groups -OCH3 is 6. The van der Waals surface area contributed by atoms with Crippen LogP contribution < -0.4 is 0 Å². The van der Waals surface area contributed by atoms with Gasteiger partial charge in [-0.1, -0.05) is 157 Å². The number of halogens is 4. The Morgan fingerprint density at radius 3 is 1.10 bits per heavy atom. The van der Waals surface area contributed by atoms with Crippen LogP contribution in [0.4, 0.5) is 0 Å². The first-order chi connectivity index (χ1) is 37.2. The van der Waals surface area contributed by atoms with Gasteiger partial charge in [0.1, 0.15) is 15.5 Å². The fraction of sp³-hybridized carbons (Fsp3) is 0.532. The Labute approximate surface area is 479 Å². The van der Waals surface area contributed by atoms with Crippen molar-refractivity contribution < 1.29 is 34.6 Å². The number of rotatable bonds is 14. The molecule has 0 aromatic heterocycles. The summed E-state index contributed by atoms with van der Waals surface area (Å²) in [4.78, 5) is 19.0. The monoisotopic (exact) mass is 1130 g/mol. The Kier molecular flexibility index (Phi) is 19.2. The van der Waals surface area contributed by atoms with Crippen molar-refractivity contribution in [2.24, 2.45) is 35.5 Å². The van der Waals surface area contributed by atoms with Crippen LogP contribution in [0.2, 0.25) is 0 Å². The van der Waals surface area contributed by atoms with Gasteiger partial charge in [-0.25, -0.2) is 0 Å². The Morgan fingerprint density at radius 2 is 0.766 bits per heavy atom. The van der Waals surface area contributed by atoms with Gasteiger partial charge < -0.3 is 28.4 Å². The fourth-order valence-corrected chi connectivity index (χ4v) is 16.2. The van der Waals surface area contributed by atoms with Crippen molar-refractivity contribution in [2.75, 3.05) is 95.0 Å². The zero-order chi connectivity index (χ0) is 54.4. The molecule has 8 atom stereocenters. The van der Waals surface area contributed by atoms with Gasteiger partial charge in [-0.15, -0.1) is 23.2 Å². The third kappa shape index (κ3) is 11.5. The second-order valence-corrected chi connectivity index (χ2v) is 24.2. The van der Waals surface area contributed by atoms with Crippen LogP contribution in [0.1, 0.15) is 49.4 Å². The summed E-state index contributed by atoms with van der Waals surface area (Å²) in [7, 11) is 10.1. The van der Waals surface area contributed by atoms with E-state index in [1.54, 1.807) is 28.4 Å². The highest BCUT2D eigenvalue weighted by Gasteiger charge is 2.76. The number of hydrogen-bond donors (Lipinski definition) is 0. The van der Waals surface area contributed by atoms with E-state index in [0.29, 0.717) is 60.9 Å². The highest BCUT2D eigenvalue weighted by molar-refractivity contribution is 6.51. The van der Waals surface area contributed by atoms with Crippen molar-refractivity contribution in [2.45, 2.75) is 79.0 Å². The number of ether oxygens (including phenoxy) is 6. The zero-order valence-corrected chi connectivity index (χ0v) is 48.7. The summed E-state index contributed by atoms with van der Waals surface area (Å²) in [5.74, 6) is 0.782. The average Bonchev–Trinajstić information content (AvgIpc) is 3.89. The topological polar surface area (TPSA) is 85.4 Å². The lowest BCUT2D eigenvalue weighted by molar-refractivity contribution is -0.270. The number of hydrogen-bond acceptors (Lipinski definition) is 11. The van der Waals surface area contributed by atoms with Crippen molar-refractivity contribution in [3.63, 3.8) is 0 Å². The molecule has 12 rings (SSSR count). The number of fused-ring (bicyclic) bond motifs is 8. The summed E-state index contributed by atoms with van der Waals surface area (Å²) in [6.45, 7) is 10.6. The van der Waals surface area contributed by atoms with Gasteiger partial charge in [0.25, 0.3) is 0 Å². The Hall–Kier alpha value is -3.21. The average molecular weight is 1130 g/mol. The third-order valence-electron chi connectivity index (χ3n) is 17.8. The van der Waals surface area contributed by atoms with E-state index in [4.69, 9.17) is 74.8 Å². The lowest BCUT2D eigenvalue weighted by Crippen LogP contribution is -2.71. The second-order valence-electron chi connectivity index (χ2n) is 22.1. The van der Waals surface area contributed by atoms with Crippen LogP contribution in [0.3, 0.4) is 0 Å². The van der Waals surface area contributed by atoms with Gasteiger partial charge in [-0.05, 0) is 47.9 Å². The van der Waals surface area contributed by atoms with E-state index in [9.17, 15) is 4.79 Å². The standard InChI is InChI=1S/C16H17Cl4NO2.C16H23NO2.C16H21NO2.C14H17NO/c1-22-16(23-2)14(19)9-21(8-11-6-4-3-5-7-11)10-15(16,20)13(18)12(14)17;2*1-18-16(19-2)14-8-9-15(16)12-17(11-14)10-13-6-4-3-5-7-13;16-14-12-6-7-13(14)10-15(9-12)8-11-4-2-1-3-5-11/h3-7H,8-10H2,1-2H3;3-7,14-15H,8-12H2,1-2H3;3-9,14-15H,10-12H2,1-2H3;1-5,12-13H,6-10H2/p+1. The van der Waals surface area contributed by atoms with Crippen molar-refractivity contribution >= 4 is 52.2 Å². The molecule has 8 unspecified atom stereocenters. The Morgan fingerprint density at radius 1 is 0.442 bits per heavy atom. The third-order valence-corrected chi connectivity index (χ3v) is 20.2. The largest absolute Gasteiger partial charge is 1.00 e. The molecule has 4 aromatic carbocycles. The van der Waals surface area contributed by atoms with Gasteiger partial charge in [0.15, 0.2) is 11.6 Å². The van der Waals surface area contributed by atoms with Crippen LogP contribution in [0.5, 0.6) is 0 Å². The van der Waals surface area contributed by atoms with E-state index >= 15 is 0 Å². The number of benzene rings is 4. The van der Waals surface area contributed by atoms with Gasteiger partial charge in [0, 0.05) is 157 Å². The summed E-state index contributed by atoms with van der Waals surface area (Å²) in [6.07, 6.45) is 9.18. The zero-order valence-electron chi connectivity index (χ0n) is 46.6. The molecular formula is C62H79Cl4N4O7+. The van der Waals surface area contributed by atoms with Crippen LogP contribution in [0.15, 0.2) is 144 Å². The van der Waals surface area contributed by atoms with Crippen LogP contribution in [0, 0.1) is 35.5 Å². The maximum Gasteiger partial charge on any atom is 1.00 e. The van der Waals surface area contributed by atoms with Crippen molar-refractivity contribution in [3.05, 3.63) is 166 Å². The van der Waals surface area contributed by atoms with E-state index in [0.717, 1.165) is 77.3 Å². The van der Waals surface area contributed by atoms with Gasteiger partial charge in [-0.3, -0.25) is 24.4 Å². The molecule has 8 aliphatic rings. The first kappa shape index (κ1) is 58.4. The molecule has 0 amide bonds. The quantitative estimate of drug-likeness (QED) is 0.0687. The molecule has 6 fully saturated rings. The highest BCUT2D eigenvalue weighted by atomic mass is 35.5. The summed E-state index contributed by atoms with van der Waals surface area (Å²) in [6, 6.07) is 41.9. The molecule has 4 aromatic rings. The van der Waals surface area contributed by atoms with Gasteiger partial charge in [0.05, 0.1) is 10.1 Å². The molecule has 2 saturated carbocycles. The number of alkyl halides is 2. The van der Waals surface area contributed by atoms with E-state index in [1.165, 1.54) is 43.8 Å². The van der Waals surface area contributed by atoms with Gasteiger partial charge in [0.2, 0.25) is 5.79 Å². The van der Waals surface area contributed by atoms with E-state index in [2.05, 4.69) is 129 Å². The minimum atomic E-state index is -1.32. The Bertz CT molecular complexity index is 2490. The lowest BCUT2D eigenvalue weighted by atomic mass is 9.86. The number of piperidine rings is 4. The number of Topliss-reactive ketones (excluding diaryl/α,β-unsaturated/α-hetero) is 1. The summed E-state index contributed by atoms with van der Waals surface area (Å²) in [5, 5.41) is 0.574. The molecule has 4 aliphatic carbocycles. The molecular weight excluding hydrogens is 1050 g/mol. The first-order valence-corrected chi connectivity index (χ1v) is 28.8. The number of carbonyl (C=O) groups excluding carboxylic acids is 1. The summed E-state index contributed by atoms with van der Waals surface area (Å²) < 4.78 is 34.2.